The molecule has 3 N–H and O–H groups in total. The lowest BCUT2D eigenvalue weighted by Gasteiger charge is -2.02. The lowest BCUT2D eigenvalue weighted by atomic mass is 10.3. The average Bonchev–Trinajstić information content (AvgIpc) is 2.61. The Morgan fingerprint density at radius 1 is 1.57 bits per heavy atom. The van der Waals surface area contributed by atoms with Crippen LogP contribution < -0.4 is 5.73 Å². The molecule has 74 valence electrons. The third-order valence-corrected chi connectivity index (χ3v) is 2.99. The van der Waals surface area contributed by atoms with E-state index in [9.17, 15) is 5.11 Å². The second-order valence-corrected chi connectivity index (χ2v) is 3.98. The summed E-state index contributed by atoms with van der Waals surface area (Å²) in [6.07, 6.45) is 1.71. The molecule has 0 aliphatic carbocycles. The van der Waals surface area contributed by atoms with E-state index in [-0.39, 0.29) is 0 Å². The van der Waals surface area contributed by atoms with Crippen molar-refractivity contribution in [3.05, 3.63) is 23.3 Å². The number of aromatic nitrogens is 2. The van der Waals surface area contributed by atoms with Gasteiger partial charge in [-0.1, -0.05) is 11.3 Å². The molecule has 2 aromatic rings. The van der Waals surface area contributed by atoms with E-state index in [1.165, 1.54) is 11.3 Å². The molecule has 0 spiro atoms. The van der Waals surface area contributed by atoms with Gasteiger partial charge in [-0.15, -0.1) is 0 Å². The van der Waals surface area contributed by atoms with Crippen LogP contribution in [-0.4, -0.2) is 21.6 Å². The fourth-order valence-corrected chi connectivity index (χ4v) is 2.14. The van der Waals surface area contributed by atoms with E-state index in [4.69, 9.17) is 5.73 Å². The van der Waals surface area contributed by atoms with Gasteiger partial charge in [0.15, 0.2) is 0 Å². The molecule has 0 saturated carbocycles. The van der Waals surface area contributed by atoms with Gasteiger partial charge >= 0.3 is 0 Å². The van der Waals surface area contributed by atoms with Crippen molar-refractivity contribution in [1.29, 1.82) is 0 Å². The fourth-order valence-electron chi connectivity index (χ4n) is 1.21. The number of nitrogens with two attached hydrogens (primary N) is 1. The minimum Gasteiger partial charge on any atom is -0.386 e. The van der Waals surface area contributed by atoms with E-state index in [0.29, 0.717) is 18.0 Å². The predicted molar refractivity (Wildman–Crippen MR) is 56.0 cm³/mol. The molecule has 2 aromatic heterocycles. The third kappa shape index (κ3) is 1.75. The highest BCUT2D eigenvalue weighted by Crippen LogP contribution is 2.25. The summed E-state index contributed by atoms with van der Waals surface area (Å²) in [6.45, 7) is 0.463. The van der Waals surface area contributed by atoms with Crippen LogP contribution in [0.1, 0.15) is 17.5 Å². The minimum atomic E-state index is -0.556. The van der Waals surface area contributed by atoms with Gasteiger partial charge in [-0.25, -0.2) is 9.97 Å². The summed E-state index contributed by atoms with van der Waals surface area (Å²) in [6, 6.07) is 3.72. The molecule has 2 rings (SSSR count). The quantitative estimate of drug-likeness (QED) is 0.793. The van der Waals surface area contributed by atoms with Gasteiger partial charge in [0.1, 0.15) is 21.5 Å². The van der Waals surface area contributed by atoms with Crippen LogP contribution in [0.25, 0.3) is 10.3 Å². The third-order valence-electron chi connectivity index (χ3n) is 1.91. The molecule has 1 atom stereocenters. The van der Waals surface area contributed by atoms with Gasteiger partial charge in [0.05, 0.1) is 0 Å². The molecule has 14 heavy (non-hydrogen) atoms. The molecule has 1 unspecified atom stereocenters. The summed E-state index contributed by atoms with van der Waals surface area (Å²) in [7, 11) is 0. The highest BCUT2D eigenvalue weighted by atomic mass is 32.1. The van der Waals surface area contributed by atoms with Crippen molar-refractivity contribution < 1.29 is 5.11 Å². The number of thiazole rings is 1. The standard InChI is InChI=1S/C9H11N3OS/c10-4-3-7(13)9-12-6-2-1-5-11-8(6)14-9/h1-2,5,7,13H,3-4,10H2. The summed E-state index contributed by atoms with van der Waals surface area (Å²) in [5.41, 5.74) is 6.20. The number of hydrogen-bond donors (Lipinski definition) is 2. The van der Waals surface area contributed by atoms with Crippen LogP contribution in [-0.2, 0) is 0 Å². The van der Waals surface area contributed by atoms with E-state index in [2.05, 4.69) is 9.97 Å². The van der Waals surface area contributed by atoms with Crippen LogP contribution >= 0.6 is 11.3 Å². The molecule has 0 saturated heterocycles. The Kier molecular flexibility index (Phi) is 2.72. The second kappa shape index (κ2) is 4.00. The van der Waals surface area contributed by atoms with Crippen molar-refractivity contribution in [2.24, 2.45) is 5.73 Å². The maximum atomic E-state index is 9.66. The first-order chi connectivity index (χ1) is 6.81. The molecule has 0 bridgehead atoms. The fraction of sp³-hybridized carbons (Fsp3) is 0.333. The van der Waals surface area contributed by atoms with Crippen molar-refractivity contribution in [2.45, 2.75) is 12.5 Å². The average molecular weight is 209 g/mol. The van der Waals surface area contributed by atoms with Crippen LogP contribution in [0.3, 0.4) is 0 Å². The van der Waals surface area contributed by atoms with Crippen LogP contribution in [0.2, 0.25) is 0 Å². The predicted octanol–water partition coefficient (Wildman–Crippen LogP) is 1.07. The minimum absolute atomic E-state index is 0.463. The molecular weight excluding hydrogens is 198 g/mol. The molecule has 2 heterocycles. The Morgan fingerprint density at radius 2 is 2.43 bits per heavy atom. The van der Waals surface area contributed by atoms with Gasteiger partial charge in [0, 0.05) is 6.20 Å². The summed E-state index contributed by atoms with van der Waals surface area (Å²) < 4.78 is 0. The molecule has 5 heteroatoms. The van der Waals surface area contributed by atoms with Gasteiger partial charge in [-0.3, -0.25) is 0 Å². The van der Waals surface area contributed by atoms with Gasteiger partial charge < -0.3 is 10.8 Å². The first-order valence-electron chi connectivity index (χ1n) is 4.41. The van der Waals surface area contributed by atoms with Crippen molar-refractivity contribution in [1.82, 2.24) is 9.97 Å². The van der Waals surface area contributed by atoms with E-state index >= 15 is 0 Å². The number of pyridine rings is 1. The van der Waals surface area contributed by atoms with Crippen LogP contribution in [0, 0.1) is 0 Å². The van der Waals surface area contributed by atoms with Gasteiger partial charge in [-0.05, 0) is 25.1 Å². The zero-order valence-corrected chi connectivity index (χ0v) is 8.37. The van der Waals surface area contributed by atoms with E-state index in [1.54, 1.807) is 6.20 Å². The normalized spacial score (nSPS) is 13.3. The smallest absolute Gasteiger partial charge is 0.143 e. The number of aliphatic hydroxyl groups is 1. The number of hydrogen-bond acceptors (Lipinski definition) is 5. The van der Waals surface area contributed by atoms with E-state index < -0.39 is 6.10 Å². The molecule has 0 aliphatic rings. The van der Waals surface area contributed by atoms with E-state index in [0.717, 1.165) is 10.3 Å². The molecule has 0 amide bonds. The van der Waals surface area contributed by atoms with Gasteiger partial charge in [0.25, 0.3) is 0 Å². The molecule has 0 radical (unpaired) electrons. The van der Waals surface area contributed by atoms with Gasteiger partial charge in [-0.2, -0.15) is 0 Å². The van der Waals surface area contributed by atoms with Gasteiger partial charge in [0.2, 0.25) is 0 Å². The van der Waals surface area contributed by atoms with Crippen LogP contribution in [0.15, 0.2) is 18.3 Å². The molecule has 0 aliphatic heterocycles. The Hall–Kier alpha value is -1.04. The second-order valence-electron chi connectivity index (χ2n) is 2.97. The Morgan fingerprint density at radius 3 is 3.14 bits per heavy atom. The molecule has 0 fully saturated rings. The largest absolute Gasteiger partial charge is 0.386 e. The number of aliphatic hydroxyl groups excluding tert-OH is 1. The summed E-state index contributed by atoms with van der Waals surface area (Å²) >= 11 is 1.42. The Balaban J connectivity index is 2.35. The maximum Gasteiger partial charge on any atom is 0.143 e. The van der Waals surface area contributed by atoms with E-state index in [1.807, 2.05) is 12.1 Å². The lowest BCUT2D eigenvalue weighted by Crippen LogP contribution is -2.06. The van der Waals surface area contributed by atoms with Crippen LogP contribution in [0.4, 0.5) is 0 Å². The molecule has 0 aromatic carbocycles. The maximum absolute atomic E-state index is 9.66. The molecular formula is C9H11N3OS. The summed E-state index contributed by atoms with van der Waals surface area (Å²) in [4.78, 5) is 9.30. The highest BCUT2D eigenvalue weighted by Gasteiger charge is 2.12. The first kappa shape index (κ1) is 9.51. The zero-order valence-electron chi connectivity index (χ0n) is 7.55. The summed E-state index contributed by atoms with van der Waals surface area (Å²) in [5.74, 6) is 0. The number of fused-ring (bicyclic) bond motifs is 1. The van der Waals surface area contributed by atoms with Crippen LogP contribution in [0.5, 0.6) is 0 Å². The Bertz CT molecular complexity index is 396. The SMILES string of the molecule is NCCC(O)c1nc2cccnc2s1. The van der Waals surface area contributed by atoms with Crippen molar-refractivity contribution in [3.63, 3.8) is 0 Å². The topological polar surface area (TPSA) is 72.0 Å². The number of nitrogens with zero attached hydrogens (tertiary/aromatic N) is 2. The zero-order chi connectivity index (χ0) is 9.97. The first-order valence-corrected chi connectivity index (χ1v) is 5.22. The summed E-state index contributed by atoms with van der Waals surface area (Å²) in [5, 5.41) is 10.4. The van der Waals surface area contributed by atoms with Crippen molar-refractivity contribution in [2.75, 3.05) is 6.54 Å². The monoisotopic (exact) mass is 209 g/mol. The highest BCUT2D eigenvalue weighted by molar-refractivity contribution is 7.18. The molecule has 4 nitrogen and oxygen atoms in total. The van der Waals surface area contributed by atoms with Crippen molar-refractivity contribution in [3.8, 4) is 0 Å². The Labute approximate surface area is 85.4 Å². The lowest BCUT2D eigenvalue weighted by molar-refractivity contribution is 0.170. The number of rotatable bonds is 3. The van der Waals surface area contributed by atoms with Crippen molar-refractivity contribution >= 4 is 21.7 Å².